The van der Waals surface area contributed by atoms with Gasteiger partial charge in [-0.25, -0.2) is 0 Å². The third-order valence-corrected chi connectivity index (χ3v) is 3.04. The quantitative estimate of drug-likeness (QED) is 0.697. The van der Waals surface area contributed by atoms with Gasteiger partial charge < -0.3 is 20.3 Å². The van der Waals surface area contributed by atoms with E-state index >= 15 is 0 Å². The minimum absolute atomic E-state index is 0.125. The molecule has 0 radical (unpaired) electrons. The molecular formula is C14H21NO4. The summed E-state index contributed by atoms with van der Waals surface area (Å²) in [5.41, 5.74) is 1.59. The maximum Gasteiger partial charge on any atom is 0.305 e. The number of nitrogens with one attached hydrogen (secondary N) is 1. The smallest absolute Gasteiger partial charge is 0.305 e. The molecule has 1 aromatic carbocycles. The highest BCUT2D eigenvalue weighted by Gasteiger charge is 2.24. The number of rotatable bonds is 7. The number of hydrogen-bond donors (Lipinski definition) is 3. The van der Waals surface area contributed by atoms with Gasteiger partial charge in [0.05, 0.1) is 19.6 Å². The number of aliphatic carboxylic acids is 1. The Balaban J connectivity index is 2.94. The number of aryl methyl sites for hydroxylation is 1. The first kappa shape index (κ1) is 15.5. The van der Waals surface area contributed by atoms with Crippen molar-refractivity contribution in [1.82, 2.24) is 5.32 Å². The second kappa shape index (κ2) is 7.11. The van der Waals surface area contributed by atoms with Gasteiger partial charge in [0.25, 0.3) is 0 Å². The molecule has 0 aliphatic heterocycles. The van der Waals surface area contributed by atoms with Gasteiger partial charge in [-0.15, -0.1) is 0 Å². The van der Waals surface area contributed by atoms with Crippen molar-refractivity contribution in [1.29, 1.82) is 0 Å². The zero-order chi connectivity index (χ0) is 14.4. The summed E-state index contributed by atoms with van der Waals surface area (Å²) in [6.07, 6.45) is -0.984. The second-order valence-electron chi connectivity index (χ2n) is 4.43. The fourth-order valence-corrected chi connectivity index (χ4v) is 2.07. The standard InChI is InChI=1S/C14H21NO4/c1-4-15-12(8-13(16)17)14(18)11-6-5-10(19-3)7-9(11)2/h5-7,12,14-15,18H,4,8H2,1-3H3,(H,16,17). The van der Waals surface area contributed by atoms with Crippen LogP contribution in [0.1, 0.15) is 30.6 Å². The molecule has 19 heavy (non-hydrogen) atoms. The van der Waals surface area contributed by atoms with E-state index in [1.165, 1.54) is 0 Å². The molecule has 0 aromatic heterocycles. The highest BCUT2D eigenvalue weighted by molar-refractivity contribution is 5.67. The van der Waals surface area contributed by atoms with Gasteiger partial charge in [-0.05, 0) is 36.7 Å². The molecule has 2 atom stereocenters. The van der Waals surface area contributed by atoms with Crippen LogP contribution < -0.4 is 10.1 Å². The molecular weight excluding hydrogens is 246 g/mol. The van der Waals surface area contributed by atoms with Gasteiger partial charge in [-0.1, -0.05) is 13.0 Å². The number of likely N-dealkylation sites (N-methyl/N-ethyl adjacent to an activating group) is 1. The van der Waals surface area contributed by atoms with Crippen LogP contribution in [0, 0.1) is 6.92 Å². The Hall–Kier alpha value is -1.59. The van der Waals surface area contributed by atoms with Crippen molar-refractivity contribution in [2.24, 2.45) is 0 Å². The average Bonchev–Trinajstić information content (AvgIpc) is 2.36. The van der Waals surface area contributed by atoms with Crippen molar-refractivity contribution in [3.8, 4) is 5.75 Å². The van der Waals surface area contributed by atoms with Crippen LogP contribution in [0.5, 0.6) is 5.75 Å². The molecule has 0 saturated heterocycles. The SMILES string of the molecule is CCNC(CC(=O)O)C(O)c1ccc(OC)cc1C. The molecule has 0 fully saturated rings. The summed E-state index contributed by atoms with van der Waals surface area (Å²) in [7, 11) is 1.58. The lowest BCUT2D eigenvalue weighted by atomic mass is 9.95. The van der Waals surface area contributed by atoms with E-state index in [4.69, 9.17) is 9.84 Å². The van der Waals surface area contributed by atoms with Crippen LogP contribution in [-0.4, -0.2) is 35.9 Å². The van der Waals surface area contributed by atoms with Crippen molar-refractivity contribution >= 4 is 5.97 Å². The average molecular weight is 267 g/mol. The molecule has 3 N–H and O–H groups in total. The Labute approximate surface area is 113 Å². The highest BCUT2D eigenvalue weighted by atomic mass is 16.5. The van der Waals surface area contributed by atoms with Gasteiger partial charge in [0.2, 0.25) is 0 Å². The number of carboxylic acids is 1. The predicted molar refractivity (Wildman–Crippen MR) is 72.4 cm³/mol. The Kier molecular flexibility index (Phi) is 5.79. The number of aliphatic hydroxyl groups excluding tert-OH is 1. The van der Waals surface area contributed by atoms with Crippen LogP contribution in [-0.2, 0) is 4.79 Å². The number of carbonyl (C=O) groups is 1. The zero-order valence-corrected chi connectivity index (χ0v) is 11.5. The van der Waals surface area contributed by atoms with E-state index in [9.17, 15) is 9.90 Å². The van der Waals surface area contributed by atoms with E-state index in [1.54, 1.807) is 19.2 Å². The van der Waals surface area contributed by atoms with Gasteiger partial charge in [0.15, 0.2) is 0 Å². The summed E-state index contributed by atoms with van der Waals surface area (Å²) in [6.45, 7) is 4.34. The Bertz CT molecular complexity index is 433. The van der Waals surface area contributed by atoms with E-state index in [0.29, 0.717) is 17.9 Å². The molecule has 2 unspecified atom stereocenters. The minimum Gasteiger partial charge on any atom is -0.497 e. The van der Waals surface area contributed by atoms with Gasteiger partial charge in [-0.2, -0.15) is 0 Å². The summed E-state index contributed by atoms with van der Waals surface area (Å²) in [5, 5.41) is 22.2. The van der Waals surface area contributed by atoms with Gasteiger partial charge in [0.1, 0.15) is 5.75 Å². The van der Waals surface area contributed by atoms with Crippen LogP contribution in [0.25, 0.3) is 0 Å². The molecule has 0 spiro atoms. The lowest BCUT2D eigenvalue weighted by molar-refractivity contribution is -0.138. The number of ether oxygens (including phenoxy) is 1. The van der Waals surface area contributed by atoms with Crippen LogP contribution >= 0.6 is 0 Å². The molecule has 5 heteroatoms. The van der Waals surface area contributed by atoms with Crippen LogP contribution in [0.4, 0.5) is 0 Å². The molecule has 106 valence electrons. The maximum atomic E-state index is 10.8. The fourth-order valence-electron chi connectivity index (χ4n) is 2.07. The monoisotopic (exact) mass is 267 g/mol. The molecule has 0 heterocycles. The van der Waals surface area contributed by atoms with Crippen LogP contribution in [0.3, 0.4) is 0 Å². The maximum absolute atomic E-state index is 10.8. The third-order valence-electron chi connectivity index (χ3n) is 3.04. The normalized spacial score (nSPS) is 13.9. The molecule has 0 saturated carbocycles. The molecule has 0 aliphatic carbocycles. The van der Waals surface area contributed by atoms with Crippen LogP contribution in [0.15, 0.2) is 18.2 Å². The first-order chi connectivity index (χ1) is 8.99. The van der Waals surface area contributed by atoms with E-state index in [-0.39, 0.29) is 6.42 Å². The molecule has 5 nitrogen and oxygen atoms in total. The summed E-state index contributed by atoms with van der Waals surface area (Å²) < 4.78 is 5.11. The number of aliphatic hydroxyl groups is 1. The number of carboxylic acid groups (broad SMARTS) is 1. The molecule has 1 aromatic rings. The molecule has 0 bridgehead atoms. The van der Waals surface area contributed by atoms with Gasteiger partial charge >= 0.3 is 5.97 Å². The van der Waals surface area contributed by atoms with E-state index < -0.39 is 18.1 Å². The summed E-state index contributed by atoms with van der Waals surface area (Å²) in [4.78, 5) is 10.8. The Morgan fingerprint density at radius 2 is 2.16 bits per heavy atom. The lowest BCUT2D eigenvalue weighted by Crippen LogP contribution is -2.37. The first-order valence-electron chi connectivity index (χ1n) is 6.27. The molecule has 0 aliphatic rings. The van der Waals surface area contributed by atoms with Crippen molar-refractivity contribution < 1.29 is 19.7 Å². The third kappa shape index (κ3) is 4.22. The molecule has 1 rings (SSSR count). The van der Waals surface area contributed by atoms with E-state index in [0.717, 1.165) is 5.56 Å². The van der Waals surface area contributed by atoms with Crippen LogP contribution in [0.2, 0.25) is 0 Å². The summed E-state index contributed by atoms with van der Waals surface area (Å²) in [6, 6.07) is 4.84. The largest absolute Gasteiger partial charge is 0.497 e. The molecule has 0 amide bonds. The van der Waals surface area contributed by atoms with Crippen molar-refractivity contribution in [3.05, 3.63) is 29.3 Å². The minimum atomic E-state index is -0.934. The first-order valence-corrected chi connectivity index (χ1v) is 6.27. The zero-order valence-electron chi connectivity index (χ0n) is 11.5. The summed E-state index contributed by atoms with van der Waals surface area (Å²) in [5.74, 6) is -0.220. The van der Waals surface area contributed by atoms with Crippen molar-refractivity contribution in [2.75, 3.05) is 13.7 Å². The van der Waals surface area contributed by atoms with Gasteiger partial charge in [0, 0.05) is 6.04 Å². The topological polar surface area (TPSA) is 78.8 Å². The van der Waals surface area contributed by atoms with E-state index in [1.807, 2.05) is 19.9 Å². The Morgan fingerprint density at radius 3 is 2.63 bits per heavy atom. The highest BCUT2D eigenvalue weighted by Crippen LogP contribution is 2.25. The lowest BCUT2D eigenvalue weighted by Gasteiger charge is -2.24. The van der Waals surface area contributed by atoms with Crippen molar-refractivity contribution in [2.45, 2.75) is 32.4 Å². The fraction of sp³-hybridized carbons (Fsp3) is 0.500. The summed E-state index contributed by atoms with van der Waals surface area (Å²) >= 11 is 0. The predicted octanol–water partition coefficient (Wildman–Crippen LogP) is 1.49. The second-order valence-corrected chi connectivity index (χ2v) is 4.43. The number of hydrogen-bond acceptors (Lipinski definition) is 4. The number of methoxy groups -OCH3 is 1. The van der Waals surface area contributed by atoms with E-state index in [2.05, 4.69) is 5.32 Å². The van der Waals surface area contributed by atoms with Gasteiger partial charge in [-0.3, -0.25) is 4.79 Å². The Morgan fingerprint density at radius 1 is 1.47 bits per heavy atom. The number of benzene rings is 1. The van der Waals surface area contributed by atoms with Crippen molar-refractivity contribution in [3.63, 3.8) is 0 Å².